The molecule has 0 fully saturated rings. The van der Waals surface area contributed by atoms with Gasteiger partial charge in [-0.15, -0.1) is 22.7 Å². The van der Waals surface area contributed by atoms with Gasteiger partial charge in [0.25, 0.3) is 0 Å². The number of rotatable bonds is 3. The SMILES string of the molecule is CCCc1nc(-c2nccs2)cs1. The Bertz CT molecular complexity index is 365. The second-order valence-electron chi connectivity index (χ2n) is 2.71. The van der Waals surface area contributed by atoms with Crippen LogP contribution in [0.5, 0.6) is 0 Å². The Morgan fingerprint density at radius 3 is 3.00 bits per heavy atom. The summed E-state index contributed by atoms with van der Waals surface area (Å²) in [6.45, 7) is 2.17. The van der Waals surface area contributed by atoms with E-state index < -0.39 is 0 Å². The zero-order chi connectivity index (χ0) is 9.10. The van der Waals surface area contributed by atoms with Gasteiger partial charge >= 0.3 is 0 Å². The molecule has 0 saturated carbocycles. The van der Waals surface area contributed by atoms with Gasteiger partial charge in [0.1, 0.15) is 10.7 Å². The first kappa shape index (κ1) is 8.84. The summed E-state index contributed by atoms with van der Waals surface area (Å²) in [5.74, 6) is 0. The first-order chi connectivity index (χ1) is 6.40. The van der Waals surface area contributed by atoms with Crippen molar-refractivity contribution in [1.82, 2.24) is 9.97 Å². The Kier molecular flexibility index (Phi) is 2.71. The summed E-state index contributed by atoms with van der Waals surface area (Å²) >= 11 is 3.37. The van der Waals surface area contributed by atoms with E-state index in [1.165, 1.54) is 5.01 Å². The first-order valence-electron chi connectivity index (χ1n) is 4.24. The van der Waals surface area contributed by atoms with E-state index in [2.05, 4.69) is 22.3 Å². The van der Waals surface area contributed by atoms with Crippen LogP contribution in [0.25, 0.3) is 10.7 Å². The zero-order valence-corrected chi connectivity index (χ0v) is 8.99. The predicted molar refractivity (Wildman–Crippen MR) is 57.2 cm³/mol. The topological polar surface area (TPSA) is 25.8 Å². The van der Waals surface area contributed by atoms with Crippen molar-refractivity contribution < 1.29 is 0 Å². The molecule has 0 aliphatic heterocycles. The van der Waals surface area contributed by atoms with Crippen LogP contribution in [0, 0.1) is 0 Å². The third kappa shape index (κ3) is 1.95. The monoisotopic (exact) mass is 210 g/mol. The molecule has 0 aliphatic carbocycles. The maximum absolute atomic E-state index is 4.51. The largest absolute Gasteiger partial charge is 0.243 e. The summed E-state index contributed by atoms with van der Waals surface area (Å²) in [6.07, 6.45) is 4.06. The molecule has 0 atom stereocenters. The minimum absolute atomic E-state index is 1.03. The Morgan fingerprint density at radius 1 is 1.38 bits per heavy atom. The molecule has 13 heavy (non-hydrogen) atoms. The molecule has 2 rings (SSSR count). The second kappa shape index (κ2) is 3.98. The molecule has 0 N–H and O–H groups in total. The van der Waals surface area contributed by atoms with E-state index >= 15 is 0 Å². The van der Waals surface area contributed by atoms with Crippen LogP contribution in [0.2, 0.25) is 0 Å². The molecule has 2 aromatic rings. The summed E-state index contributed by atoms with van der Waals surface area (Å²) in [5, 5.41) is 6.31. The maximum Gasteiger partial charge on any atom is 0.142 e. The minimum Gasteiger partial charge on any atom is -0.243 e. The number of hydrogen-bond acceptors (Lipinski definition) is 4. The summed E-state index contributed by atoms with van der Waals surface area (Å²) in [6, 6.07) is 0. The standard InChI is InChI=1S/C9H10N2S2/c1-2-3-8-11-7(6-13-8)9-10-4-5-12-9/h4-6H,2-3H2,1H3. The molecule has 2 aromatic heterocycles. The van der Waals surface area contributed by atoms with Gasteiger partial charge in [-0.3, -0.25) is 0 Å². The van der Waals surface area contributed by atoms with Crippen LogP contribution in [0.15, 0.2) is 17.0 Å². The molecule has 2 heterocycles. The fourth-order valence-corrected chi connectivity index (χ4v) is 2.65. The van der Waals surface area contributed by atoms with Gasteiger partial charge in [0.2, 0.25) is 0 Å². The zero-order valence-electron chi connectivity index (χ0n) is 7.36. The fourth-order valence-electron chi connectivity index (χ4n) is 1.09. The van der Waals surface area contributed by atoms with Gasteiger partial charge in [-0.05, 0) is 12.8 Å². The molecule has 0 radical (unpaired) electrons. The number of aromatic nitrogens is 2. The van der Waals surface area contributed by atoms with E-state index in [-0.39, 0.29) is 0 Å². The third-order valence-corrected chi connectivity index (χ3v) is 3.37. The number of aryl methyl sites for hydroxylation is 1. The molecule has 0 bridgehead atoms. The van der Waals surface area contributed by atoms with Gasteiger partial charge in [0.05, 0.1) is 5.01 Å². The number of thiazole rings is 2. The number of hydrogen-bond donors (Lipinski definition) is 0. The van der Waals surface area contributed by atoms with Gasteiger partial charge in [-0.25, -0.2) is 9.97 Å². The van der Waals surface area contributed by atoms with Crippen LogP contribution in [0.3, 0.4) is 0 Å². The van der Waals surface area contributed by atoms with Crippen molar-refractivity contribution in [2.45, 2.75) is 19.8 Å². The van der Waals surface area contributed by atoms with Crippen LogP contribution in [-0.2, 0) is 6.42 Å². The molecule has 0 amide bonds. The Hall–Kier alpha value is -0.740. The highest BCUT2D eigenvalue weighted by Gasteiger charge is 2.05. The first-order valence-corrected chi connectivity index (χ1v) is 6.00. The van der Waals surface area contributed by atoms with Crippen LogP contribution >= 0.6 is 22.7 Å². The highest BCUT2D eigenvalue weighted by atomic mass is 32.1. The van der Waals surface area contributed by atoms with Crippen molar-refractivity contribution in [3.8, 4) is 10.7 Å². The highest BCUT2D eigenvalue weighted by molar-refractivity contribution is 7.14. The van der Waals surface area contributed by atoms with Gasteiger partial charge in [0.15, 0.2) is 0 Å². The van der Waals surface area contributed by atoms with E-state index in [1.807, 2.05) is 11.6 Å². The molecule has 68 valence electrons. The highest BCUT2D eigenvalue weighted by Crippen LogP contribution is 2.23. The maximum atomic E-state index is 4.51. The van der Waals surface area contributed by atoms with E-state index in [4.69, 9.17) is 0 Å². The fraction of sp³-hybridized carbons (Fsp3) is 0.333. The summed E-state index contributed by atoms with van der Waals surface area (Å²) in [5.41, 5.74) is 1.03. The van der Waals surface area contributed by atoms with Crippen molar-refractivity contribution in [1.29, 1.82) is 0 Å². The van der Waals surface area contributed by atoms with Gasteiger partial charge in [0, 0.05) is 17.0 Å². The molecule has 0 spiro atoms. The normalized spacial score (nSPS) is 10.5. The molecule has 0 unspecified atom stereocenters. The van der Waals surface area contributed by atoms with E-state index in [9.17, 15) is 0 Å². The Balaban J connectivity index is 2.23. The van der Waals surface area contributed by atoms with Crippen LogP contribution < -0.4 is 0 Å². The predicted octanol–water partition coefficient (Wildman–Crippen LogP) is 3.22. The number of nitrogens with zero attached hydrogens (tertiary/aromatic N) is 2. The van der Waals surface area contributed by atoms with Crippen molar-refractivity contribution >= 4 is 22.7 Å². The lowest BCUT2D eigenvalue weighted by molar-refractivity contribution is 0.910. The molecule has 4 heteroatoms. The molecule has 0 aromatic carbocycles. The van der Waals surface area contributed by atoms with E-state index in [0.717, 1.165) is 23.5 Å². The molecule has 2 nitrogen and oxygen atoms in total. The van der Waals surface area contributed by atoms with E-state index in [1.54, 1.807) is 22.7 Å². The van der Waals surface area contributed by atoms with Gasteiger partial charge < -0.3 is 0 Å². The summed E-state index contributed by atoms with van der Waals surface area (Å²) in [4.78, 5) is 8.73. The quantitative estimate of drug-likeness (QED) is 0.777. The lowest BCUT2D eigenvalue weighted by atomic mass is 10.3. The molecule has 0 saturated heterocycles. The molecular formula is C9H10N2S2. The van der Waals surface area contributed by atoms with Gasteiger partial charge in [-0.2, -0.15) is 0 Å². The van der Waals surface area contributed by atoms with Crippen LogP contribution in [0.4, 0.5) is 0 Å². The van der Waals surface area contributed by atoms with Crippen LogP contribution in [0.1, 0.15) is 18.4 Å². The average molecular weight is 210 g/mol. The summed E-state index contributed by atoms with van der Waals surface area (Å²) < 4.78 is 0. The smallest absolute Gasteiger partial charge is 0.142 e. The van der Waals surface area contributed by atoms with Crippen molar-refractivity contribution in [2.75, 3.05) is 0 Å². The minimum atomic E-state index is 1.03. The lowest BCUT2D eigenvalue weighted by Gasteiger charge is -1.88. The van der Waals surface area contributed by atoms with Crippen molar-refractivity contribution in [3.63, 3.8) is 0 Å². The molecule has 0 aliphatic rings. The second-order valence-corrected chi connectivity index (χ2v) is 4.55. The van der Waals surface area contributed by atoms with E-state index in [0.29, 0.717) is 0 Å². The third-order valence-electron chi connectivity index (χ3n) is 1.67. The molecular weight excluding hydrogens is 200 g/mol. The van der Waals surface area contributed by atoms with Crippen molar-refractivity contribution in [3.05, 3.63) is 22.0 Å². The summed E-state index contributed by atoms with van der Waals surface area (Å²) in [7, 11) is 0. The lowest BCUT2D eigenvalue weighted by Crippen LogP contribution is -1.81. The van der Waals surface area contributed by atoms with Crippen LogP contribution in [-0.4, -0.2) is 9.97 Å². The van der Waals surface area contributed by atoms with Gasteiger partial charge in [-0.1, -0.05) is 6.92 Å². The average Bonchev–Trinajstić information content (AvgIpc) is 2.70. The Labute approximate surface area is 85.3 Å². The Morgan fingerprint density at radius 2 is 2.31 bits per heavy atom. The van der Waals surface area contributed by atoms with Crippen molar-refractivity contribution in [2.24, 2.45) is 0 Å².